The molecule has 1 heterocycles. The summed E-state index contributed by atoms with van der Waals surface area (Å²) in [5.74, 6) is -2.38. The van der Waals surface area contributed by atoms with Crippen LogP contribution >= 0.6 is 0 Å². The number of rotatable bonds is 2. The third kappa shape index (κ3) is 2.49. The lowest BCUT2D eigenvalue weighted by Gasteiger charge is -2.12. The molecule has 0 bridgehead atoms. The second kappa shape index (κ2) is 4.62. The van der Waals surface area contributed by atoms with Crippen molar-refractivity contribution in [3.05, 3.63) is 41.3 Å². The highest BCUT2D eigenvalue weighted by molar-refractivity contribution is 5.87. The van der Waals surface area contributed by atoms with Crippen LogP contribution in [0, 0.1) is 5.82 Å². The van der Waals surface area contributed by atoms with Gasteiger partial charge < -0.3 is 5.11 Å². The third-order valence-corrected chi connectivity index (χ3v) is 2.66. The van der Waals surface area contributed by atoms with Gasteiger partial charge >= 0.3 is 12.1 Å². The number of hydrogen-bond acceptors (Lipinski definition) is 2. The van der Waals surface area contributed by atoms with E-state index in [9.17, 15) is 22.4 Å². The summed E-state index contributed by atoms with van der Waals surface area (Å²) in [6.07, 6.45) is -4.76. The lowest BCUT2D eigenvalue weighted by molar-refractivity contribution is -0.137. The molecule has 0 radical (unpaired) electrons. The van der Waals surface area contributed by atoms with E-state index in [1.807, 2.05) is 0 Å². The Labute approximate surface area is 110 Å². The average molecular weight is 288 g/mol. The van der Waals surface area contributed by atoms with E-state index in [1.165, 1.54) is 7.05 Å². The summed E-state index contributed by atoms with van der Waals surface area (Å²) in [6.45, 7) is 0. The van der Waals surface area contributed by atoms with Gasteiger partial charge in [0.2, 0.25) is 0 Å². The predicted octanol–water partition coefficient (Wildman–Crippen LogP) is 2.94. The quantitative estimate of drug-likeness (QED) is 0.864. The van der Waals surface area contributed by atoms with Crippen molar-refractivity contribution in [3.8, 4) is 11.3 Å². The number of aryl methyl sites for hydroxylation is 1. The highest BCUT2D eigenvalue weighted by Crippen LogP contribution is 2.37. The normalized spacial score (nSPS) is 11.7. The van der Waals surface area contributed by atoms with Gasteiger partial charge in [0, 0.05) is 12.6 Å². The van der Waals surface area contributed by atoms with Crippen molar-refractivity contribution in [3.63, 3.8) is 0 Å². The molecule has 0 atom stereocenters. The smallest absolute Gasteiger partial charge is 0.417 e. The van der Waals surface area contributed by atoms with Crippen molar-refractivity contribution in [1.29, 1.82) is 0 Å². The molecule has 0 amide bonds. The minimum absolute atomic E-state index is 0.0604. The summed E-state index contributed by atoms with van der Waals surface area (Å²) in [4.78, 5) is 10.8. The first-order valence-electron chi connectivity index (χ1n) is 5.34. The predicted molar refractivity (Wildman–Crippen MR) is 60.6 cm³/mol. The van der Waals surface area contributed by atoms with E-state index < -0.39 is 23.5 Å². The average Bonchev–Trinajstić information content (AvgIpc) is 2.70. The highest BCUT2D eigenvalue weighted by atomic mass is 19.4. The van der Waals surface area contributed by atoms with Crippen LogP contribution in [0.2, 0.25) is 0 Å². The number of carboxylic acids is 1. The SMILES string of the molecule is Cn1nc(C(=O)O)cc1-c1ccc(F)cc1C(F)(F)F. The second-order valence-corrected chi connectivity index (χ2v) is 4.03. The molecular formula is C12H8F4N2O2. The van der Waals surface area contributed by atoms with E-state index in [1.54, 1.807) is 0 Å². The van der Waals surface area contributed by atoms with Crippen molar-refractivity contribution in [2.75, 3.05) is 0 Å². The molecular weight excluding hydrogens is 280 g/mol. The molecule has 20 heavy (non-hydrogen) atoms. The topological polar surface area (TPSA) is 55.1 Å². The van der Waals surface area contributed by atoms with Crippen LogP contribution < -0.4 is 0 Å². The minimum Gasteiger partial charge on any atom is -0.476 e. The van der Waals surface area contributed by atoms with Crippen molar-refractivity contribution in [2.24, 2.45) is 7.05 Å². The molecule has 2 aromatic rings. The standard InChI is InChI=1S/C12H8F4N2O2/c1-18-10(5-9(17-18)11(19)20)7-3-2-6(13)4-8(7)12(14,15)16/h2-5H,1H3,(H,19,20). The maximum Gasteiger partial charge on any atom is 0.417 e. The third-order valence-electron chi connectivity index (χ3n) is 2.66. The summed E-state index contributed by atoms with van der Waals surface area (Å²) in [7, 11) is 1.31. The van der Waals surface area contributed by atoms with Crippen LogP contribution in [0.25, 0.3) is 11.3 Å². The Balaban J connectivity index is 2.67. The summed E-state index contributed by atoms with van der Waals surface area (Å²) >= 11 is 0. The van der Waals surface area contributed by atoms with E-state index in [0.29, 0.717) is 6.07 Å². The Kier molecular flexibility index (Phi) is 3.24. The van der Waals surface area contributed by atoms with Crippen LogP contribution in [0.1, 0.15) is 16.1 Å². The molecule has 2 rings (SSSR count). The van der Waals surface area contributed by atoms with Crippen LogP contribution in [-0.2, 0) is 13.2 Å². The number of alkyl halides is 3. The maximum atomic E-state index is 13.0. The number of nitrogens with zero attached hydrogens (tertiary/aromatic N) is 2. The van der Waals surface area contributed by atoms with Gasteiger partial charge in [-0.15, -0.1) is 0 Å². The fraction of sp³-hybridized carbons (Fsp3) is 0.167. The Morgan fingerprint density at radius 2 is 1.95 bits per heavy atom. The van der Waals surface area contributed by atoms with Gasteiger partial charge in [-0.2, -0.15) is 18.3 Å². The first-order chi connectivity index (χ1) is 9.20. The molecule has 0 aliphatic carbocycles. The van der Waals surface area contributed by atoms with Crippen LogP contribution in [0.5, 0.6) is 0 Å². The van der Waals surface area contributed by atoms with Crippen molar-refractivity contribution >= 4 is 5.97 Å². The summed E-state index contributed by atoms with van der Waals surface area (Å²) in [5.41, 5.74) is -1.96. The molecule has 0 aliphatic heterocycles. The molecule has 8 heteroatoms. The molecule has 0 saturated heterocycles. The molecule has 106 valence electrons. The monoisotopic (exact) mass is 288 g/mol. The van der Waals surface area contributed by atoms with Crippen molar-refractivity contribution < 1.29 is 27.5 Å². The number of benzene rings is 1. The van der Waals surface area contributed by atoms with E-state index >= 15 is 0 Å². The number of halogens is 4. The Bertz CT molecular complexity index is 677. The molecule has 0 aliphatic rings. The van der Waals surface area contributed by atoms with E-state index in [0.717, 1.165) is 22.9 Å². The van der Waals surface area contributed by atoms with Gasteiger partial charge in [0.1, 0.15) is 5.82 Å². The largest absolute Gasteiger partial charge is 0.476 e. The molecule has 1 aromatic heterocycles. The molecule has 0 unspecified atom stereocenters. The maximum absolute atomic E-state index is 13.0. The van der Waals surface area contributed by atoms with Gasteiger partial charge in [0.25, 0.3) is 0 Å². The van der Waals surface area contributed by atoms with Crippen molar-refractivity contribution in [1.82, 2.24) is 9.78 Å². The fourth-order valence-corrected chi connectivity index (χ4v) is 1.80. The lowest BCUT2D eigenvalue weighted by atomic mass is 10.0. The Morgan fingerprint density at radius 3 is 2.45 bits per heavy atom. The molecule has 4 nitrogen and oxygen atoms in total. The first-order valence-corrected chi connectivity index (χ1v) is 5.34. The molecule has 0 saturated carbocycles. The van der Waals surface area contributed by atoms with Gasteiger partial charge in [-0.05, 0) is 24.3 Å². The Morgan fingerprint density at radius 1 is 1.30 bits per heavy atom. The number of aromatic nitrogens is 2. The zero-order chi connectivity index (χ0) is 15.1. The molecule has 1 N–H and O–H groups in total. The summed E-state index contributed by atoms with van der Waals surface area (Å²) in [6, 6.07) is 3.19. The van der Waals surface area contributed by atoms with Crippen LogP contribution in [0.3, 0.4) is 0 Å². The van der Waals surface area contributed by atoms with Gasteiger partial charge in [-0.1, -0.05) is 0 Å². The lowest BCUT2D eigenvalue weighted by Crippen LogP contribution is -2.09. The second-order valence-electron chi connectivity index (χ2n) is 4.03. The number of carbonyl (C=O) groups is 1. The van der Waals surface area contributed by atoms with Gasteiger partial charge in [-0.25, -0.2) is 9.18 Å². The summed E-state index contributed by atoms with van der Waals surface area (Å²) < 4.78 is 52.7. The first kappa shape index (κ1) is 14.0. The minimum atomic E-state index is -4.76. The fourth-order valence-electron chi connectivity index (χ4n) is 1.80. The number of carboxylic acid groups (broad SMARTS) is 1. The zero-order valence-electron chi connectivity index (χ0n) is 10.1. The van der Waals surface area contributed by atoms with Crippen LogP contribution in [0.15, 0.2) is 24.3 Å². The van der Waals surface area contributed by atoms with E-state index in [4.69, 9.17) is 5.11 Å². The molecule has 0 spiro atoms. The van der Waals surface area contributed by atoms with E-state index in [-0.39, 0.29) is 17.0 Å². The van der Waals surface area contributed by atoms with Gasteiger partial charge in [0.05, 0.1) is 11.3 Å². The van der Waals surface area contributed by atoms with Crippen LogP contribution in [0.4, 0.5) is 17.6 Å². The van der Waals surface area contributed by atoms with Gasteiger partial charge in [0.15, 0.2) is 5.69 Å². The zero-order valence-corrected chi connectivity index (χ0v) is 10.1. The highest BCUT2D eigenvalue weighted by Gasteiger charge is 2.35. The number of aromatic carboxylic acids is 1. The number of hydrogen-bond donors (Lipinski definition) is 1. The molecule has 0 fully saturated rings. The summed E-state index contributed by atoms with van der Waals surface area (Å²) in [5, 5.41) is 12.4. The van der Waals surface area contributed by atoms with Crippen molar-refractivity contribution in [2.45, 2.75) is 6.18 Å². The van der Waals surface area contributed by atoms with E-state index in [2.05, 4.69) is 5.10 Å². The Hall–Kier alpha value is -2.38. The van der Waals surface area contributed by atoms with Gasteiger partial charge in [-0.3, -0.25) is 4.68 Å². The van der Waals surface area contributed by atoms with Crippen LogP contribution in [-0.4, -0.2) is 20.9 Å². The molecule has 1 aromatic carbocycles.